The number of thioether (sulfide) groups is 1. The first kappa shape index (κ1) is 12.2. The smallest absolute Gasteiger partial charge is 0.240 e. The van der Waals surface area contributed by atoms with E-state index >= 15 is 0 Å². The van der Waals surface area contributed by atoms with Crippen molar-refractivity contribution in [1.29, 1.82) is 0 Å². The summed E-state index contributed by atoms with van der Waals surface area (Å²) in [5.74, 6) is 2.53. The Kier molecular flexibility index (Phi) is 4.14. The van der Waals surface area contributed by atoms with E-state index in [1.165, 1.54) is 12.8 Å². The van der Waals surface area contributed by atoms with Crippen LogP contribution < -0.4 is 5.32 Å². The molecule has 92 valence electrons. The average molecular weight is 242 g/mol. The molecule has 1 aliphatic carbocycles. The third-order valence-corrected chi connectivity index (χ3v) is 4.48. The largest absolute Gasteiger partial charge is 0.338 e. The number of rotatable bonds is 6. The third kappa shape index (κ3) is 2.92. The molecule has 0 bridgehead atoms. The van der Waals surface area contributed by atoms with Gasteiger partial charge in [-0.15, -0.1) is 0 Å². The van der Waals surface area contributed by atoms with Crippen molar-refractivity contribution in [3.05, 3.63) is 0 Å². The maximum Gasteiger partial charge on any atom is 0.240 e. The van der Waals surface area contributed by atoms with Gasteiger partial charge in [0.15, 0.2) is 0 Å². The van der Waals surface area contributed by atoms with Gasteiger partial charge in [0.2, 0.25) is 5.91 Å². The second-order valence-electron chi connectivity index (χ2n) is 4.82. The molecule has 0 aromatic heterocycles. The quantitative estimate of drug-likeness (QED) is 0.766. The molecule has 0 spiro atoms. The first-order valence-corrected chi connectivity index (χ1v) is 7.52. The zero-order chi connectivity index (χ0) is 11.5. The molecule has 3 nitrogen and oxygen atoms in total. The van der Waals surface area contributed by atoms with E-state index in [-0.39, 0.29) is 6.04 Å². The van der Waals surface area contributed by atoms with E-state index in [4.69, 9.17) is 0 Å². The van der Waals surface area contributed by atoms with Gasteiger partial charge in [0, 0.05) is 24.4 Å². The molecule has 1 aliphatic heterocycles. The SMILES string of the molecule is CCSCC(C)N1CCC(NC2CC2)C1=O. The van der Waals surface area contributed by atoms with Crippen LogP contribution in [0.5, 0.6) is 0 Å². The van der Waals surface area contributed by atoms with E-state index in [1.54, 1.807) is 0 Å². The standard InChI is InChI=1S/C12H22N2OS/c1-3-16-8-9(2)14-7-6-11(12(14)15)13-10-4-5-10/h9-11,13H,3-8H2,1-2H3. The van der Waals surface area contributed by atoms with E-state index in [0.717, 1.165) is 24.5 Å². The van der Waals surface area contributed by atoms with E-state index in [0.29, 0.717) is 18.0 Å². The van der Waals surface area contributed by atoms with Crippen LogP contribution in [0.1, 0.15) is 33.1 Å². The summed E-state index contributed by atoms with van der Waals surface area (Å²) < 4.78 is 0. The maximum atomic E-state index is 12.1. The Morgan fingerprint density at radius 1 is 1.50 bits per heavy atom. The lowest BCUT2D eigenvalue weighted by molar-refractivity contribution is -0.130. The molecular formula is C12H22N2OS. The van der Waals surface area contributed by atoms with Crippen molar-refractivity contribution in [1.82, 2.24) is 10.2 Å². The van der Waals surface area contributed by atoms with Crippen molar-refractivity contribution in [2.24, 2.45) is 0 Å². The van der Waals surface area contributed by atoms with Gasteiger partial charge in [-0.25, -0.2) is 0 Å². The number of nitrogens with one attached hydrogen (secondary N) is 1. The molecule has 0 aromatic rings. The van der Waals surface area contributed by atoms with Gasteiger partial charge in [-0.05, 0) is 31.9 Å². The molecule has 2 unspecified atom stereocenters. The predicted octanol–water partition coefficient (Wildman–Crippen LogP) is 1.48. The van der Waals surface area contributed by atoms with Crippen molar-refractivity contribution in [2.45, 2.75) is 51.2 Å². The molecule has 2 rings (SSSR count). The van der Waals surface area contributed by atoms with Crippen LogP contribution in [-0.4, -0.2) is 47.0 Å². The van der Waals surface area contributed by atoms with Gasteiger partial charge in [0.1, 0.15) is 0 Å². The normalized spacial score (nSPS) is 27.5. The van der Waals surface area contributed by atoms with Gasteiger partial charge in [-0.1, -0.05) is 6.92 Å². The number of carbonyl (C=O) groups is 1. The molecule has 2 atom stereocenters. The Morgan fingerprint density at radius 3 is 2.88 bits per heavy atom. The number of amides is 1. The summed E-state index contributed by atoms with van der Waals surface area (Å²) in [4.78, 5) is 14.2. The van der Waals surface area contributed by atoms with Gasteiger partial charge in [0.25, 0.3) is 0 Å². The van der Waals surface area contributed by atoms with Crippen molar-refractivity contribution in [3.8, 4) is 0 Å². The summed E-state index contributed by atoms with van der Waals surface area (Å²) >= 11 is 1.92. The minimum Gasteiger partial charge on any atom is -0.338 e. The lowest BCUT2D eigenvalue weighted by Gasteiger charge is -2.24. The molecule has 2 aliphatic rings. The monoisotopic (exact) mass is 242 g/mol. The molecule has 1 saturated carbocycles. The summed E-state index contributed by atoms with van der Waals surface area (Å²) in [5, 5.41) is 3.45. The minimum absolute atomic E-state index is 0.113. The van der Waals surface area contributed by atoms with E-state index in [1.807, 2.05) is 11.8 Å². The van der Waals surface area contributed by atoms with Crippen LogP contribution in [0, 0.1) is 0 Å². The van der Waals surface area contributed by atoms with Crippen LogP contribution in [0.4, 0.5) is 0 Å². The second kappa shape index (κ2) is 5.41. The Labute approximate surface area is 102 Å². The lowest BCUT2D eigenvalue weighted by Crippen LogP contribution is -2.43. The highest BCUT2D eigenvalue weighted by Gasteiger charge is 2.37. The third-order valence-electron chi connectivity index (χ3n) is 3.35. The number of nitrogens with zero attached hydrogens (tertiary/aromatic N) is 1. The van der Waals surface area contributed by atoms with Crippen LogP contribution in [0.15, 0.2) is 0 Å². The maximum absolute atomic E-state index is 12.1. The van der Waals surface area contributed by atoms with Crippen LogP contribution in [0.2, 0.25) is 0 Å². The van der Waals surface area contributed by atoms with Crippen LogP contribution in [-0.2, 0) is 4.79 Å². The van der Waals surface area contributed by atoms with Gasteiger partial charge in [-0.2, -0.15) is 11.8 Å². The number of likely N-dealkylation sites (tertiary alicyclic amines) is 1. The highest BCUT2D eigenvalue weighted by Crippen LogP contribution is 2.23. The van der Waals surface area contributed by atoms with Gasteiger partial charge in [0.05, 0.1) is 6.04 Å². The molecule has 4 heteroatoms. The summed E-state index contributed by atoms with van der Waals surface area (Å²) in [7, 11) is 0. The molecule has 2 fully saturated rings. The molecule has 0 radical (unpaired) electrons. The topological polar surface area (TPSA) is 32.3 Å². The Bertz CT molecular complexity index is 255. The predicted molar refractivity (Wildman–Crippen MR) is 68.7 cm³/mol. The highest BCUT2D eigenvalue weighted by atomic mass is 32.2. The van der Waals surface area contributed by atoms with Crippen LogP contribution in [0.25, 0.3) is 0 Å². The number of carbonyl (C=O) groups excluding carboxylic acids is 1. The molecule has 1 heterocycles. The van der Waals surface area contributed by atoms with E-state index in [9.17, 15) is 4.79 Å². The average Bonchev–Trinajstić information content (AvgIpc) is 3.01. The Balaban J connectivity index is 1.80. The first-order chi connectivity index (χ1) is 7.72. The van der Waals surface area contributed by atoms with E-state index in [2.05, 4.69) is 24.1 Å². The summed E-state index contributed by atoms with van der Waals surface area (Å²) in [6, 6.07) is 1.14. The zero-order valence-corrected chi connectivity index (χ0v) is 11.1. The van der Waals surface area contributed by atoms with Crippen LogP contribution in [0.3, 0.4) is 0 Å². The molecule has 16 heavy (non-hydrogen) atoms. The van der Waals surface area contributed by atoms with Gasteiger partial charge >= 0.3 is 0 Å². The summed E-state index contributed by atoms with van der Waals surface area (Å²) in [6.45, 7) is 5.27. The molecule has 1 saturated heterocycles. The molecular weight excluding hydrogens is 220 g/mol. The molecule has 1 N–H and O–H groups in total. The lowest BCUT2D eigenvalue weighted by atomic mass is 10.2. The second-order valence-corrected chi connectivity index (χ2v) is 6.14. The zero-order valence-electron chi connectivity index (χ0n) is 10.2. The number of hydrogen-bond acceptors (Lipinski definition) is 3. The fourth-order valence-electron chi connectivity index (χ4n) is 2.21. The van der Waals surface area contributed by atoms with Crippen molar-refractivity contribution in [2.75, 3.05) is 18.1 Å². The van der Waals surface area contributed by atoms with Crippen molar-refractivity contribution in [3.63, 3.8) is 0 Å². The molecule has 1 amide bonds. The van der Waals surface area contributed by atoms with Gasteiger partial charge < -0.3 is 10.2 Å². The summed E-state index contributed by atoms with van der Waals surface area (Å²) in [5.41, 5.74) is 0. The summed E-state index contributed by atoms with van der Waals surface area (Å²) in [6.07, 6.45) is 3.51. The minimum atomic E-state index is 0.113. The Hall–Kier alpha value is -0.220. The Morgan fingerprint density at radius 2 is 2.25 bits per heavy atom. The first-order valence-electron chi connectivity index (χ1n) is 6.36. The van der Waals surface area contributed by atoms with Crippen molar-refractivity contribution < 1.29 is 4.79 Å². The van der Waals surface area contributed by atoms with Gasteiger partial charge in [-0.3, -0.25) is 4.79 Å². The number of hydrogen-bond donors (Lipinski definition) is 1. The van der Waals surface area contributed by atoms with E-state index < -0.39 is 0 Å². The van der Waals surface area contributed by atoms with Crippen LogP contribution >= 0.6 is 11.8 Å². The van der Waals surface area contributed by atoms with Crippen molar-refractivity contribution >= 4 is 17.7 Å². The highest BCUT2D eigenvalue weighted by molar-refractivity contribution is 7.99. The fraction of sp³-hybridized carbons (Fsp3) is 0.917. The fourth-order valence-corrected chi connectivity index (χ4v) is 2.96. The molecule has 0 aromatic carbocycles.